The number of aromatic nitrogens is 1. The highest BCUT2D eigenvalue weighted by molar-refractivity contribution is 6.31. The molecule has 3 rings (SSSR count). The Balaban J connectivity index is 1.76. The molecule has 1 atom stereocenters. The molecule has 1 unspecified atom stereocenters. The summed E-state index contributed by atoms with van der Waals surface area (Å²) in [5.41, 5.74) is 7.18. The van der Waals surface area contributed by atoms with Gasteiger partial charge < -0.3 is 25.5 Å². The number of anilines is 1. The normalized spacial score (nSPS) is 11.9. The number of rotatable bonds is 7. The number of halogens is 1. The maximum absolute atomic E-state index is 12.5. The SMILES string of the molecule is CCN(CC)CC(O)CNC(=O)c1cc(C#Cc2c(N)ncc3ccc(Cl)cc23)c(C)o1. The Hall–Kier alpha value is -3.05. The van der Waals surface area contributed by atoms with Gasteiger partial charge in [-0.25, -0.2) is 4.98 Å². The number of fused-ring (bicyclic) bond motifs is 1. The quantitative estimate of drug-likeness (QED) is 0.473. The van der Waals surface area contributed by atoms with E-state index in [0.29, 0.717) is 34.3 Å². The first-order valence-corrected chi connectivity index (χ1v) is 10.8. The number of aliphatic hydroxyl groups excluding tert-OH is 1. The number of nitrogen functional groups attached to an aromatic ring is 1. The van der Waals surface area contributed by atoms with Gasteiger partial charge in [-0.3, -0.25) is 4.79 Å². The van der Waals surface area contributed by atoms with Crippen molar-refractivity contribution in [3.8, 4) is 11.8 Å². The van der Waals surface area contributed by atoms with E-state index in [-0.39, 0.29) is 12.3 Å². The molecule has 0 bridgehead atoms. The highest BCUT2D eigenvalue weighted by atomic mass is 35.5. The van der Waals surface area contributed by atoms with Gasteiger partial charge in [0, 0.05) is 41.1 Å². The molecule has 32 heavy (non-hydrogen) atoms. The number of hydrogen-bond donors (Lipinski definition) is 3. The fraction of sp³-hybridized carbons (Fsp3) is 0.333. The smallest absolute Gasteiger partial charge is 0.287 e. The number of carbonyl (C=O) groups is 1. The molecule has 0 aliphatic rings. The molecule has 0 aliphatic heterocycles. The van der Waals surface area contributed by atoms with E-state index in [4.69, 9.17) is 21.8 Å². The number of likely N-dealkylation sites (N-methyl/N-ethyl adjacent to an activating group) is 1. The van der Waals surface area contributed by atoms with E-state index in [2.05, 4.69) is 27.0 Å². The Labute approximate surface area is 192 Å². The van der Waals surface area contributed by atoms with Crippen molar-refractivity contribution in [2.24, 2.45) is 0 Å². The topological polar surface area (TPSA) is 105 Å². The molecule has 1 aromatic carbocycles. The Bertz CT molecular complexity index is 1170. The third kappa shape index (κ3) is 5.60. The van der Waals surface area contributed by atoms with Crippen LogP contribution < -0.4 is 11.1 Å². The Morgan fingerprint density at radius 1 is 1.31 bits per heavy atom. The molecule has 168 valence electrons. The molecule has 3 aromatic rings. The zero-order chi connectivity index (χ0) is 23.3. The van der Waals surface area contributed by atoms with Gasteiger partial charge in [-0.1, -0.05) is 43.4 Å². The number of amides is 1. The third-order valence-corrected chi connectivity index (χ3v) is 5.44. The van der Waals surface area contributed by atoms with Crippen molar-refractivity contribution in [1.29, 1.82) is 0 Å². The molecule has 0 saturated carbocycles. The lowest BCUT2D eigenvalue weighted by molar-refractivity contribution is 0.0844. The predicted molar refractivity (Wildman–Crippen MR) is 127 cm³/mol. The van der Waals surface area contributed by atoms with E-state index in [0.717, 1.165) is 23.9 Å². The highest BCUT2D eigenvalue weighted by Crippen LogP contribution is 2.25. The first-order chi connectivity index (χ1) is 15.3. The van der Waals surface area contributed by atoms with Crippen molar-refractivity contribution < 1.29 is 14.3 Å². The lowest BCUT2D eigenvalue weighted by atomic mass is 10.1. The van der Waals surface area contributed by atoms with Crippen LogP contribution in [0.1, 0.15) is 41.3 Å². The third-order valence-electron chi connectivity index (χ3n) is 5.21. The van der Waals surface area contributed by atoms with Gasteiger partial charge in [-0.05, 0) is 32.1 Å². The highest BCUT2D eigenvalue weighted by Gasteiger charge is 2.16. The van der Waals surface area contributed by atoms with Crippen LogP contribution in [0.25, 0.3) is 10.8 Å². The van der Waals surface area contributed by atoms with Gasteiger partial charge in [0.1, 0.15) is 11.6 Å². The van der Waals surface area contributed by atoms with Crippen molar-refractivity contribution in [1.82, 2.24) is 15.2 Å². The largest absolute Gasteiger partial charge is 0.455 e. The Kier molecular flexibility index (Phi) is 7.75. The van der Waals surface area contributed by atoms with E-state index < -0.39 is 12.0 Å². The Morgan fingerprint density at radius 3 is 2.78 bits per heavy atom. The maximum atomic E-state index is 12.5. The zero-order valence-electron chi connectivity index (χ0n) is 18.4. The van der Waals surface area contributed by atoms with Gasteiger partial charge in [0.05, 0.1) is 17.2 Å². The van der Waals surface area contributed by atoms with Crippen LogP contribution >= 0.6 is 11.6 Å². The predicted octanol–water partition coefficient (Wildman–Crippen LogP) is 3.20. The van der Waals surface area contributed by atoms with Crippen LogP contribution in [0.15, 0.2) is 34.9 Å². The molecule has 0 radical (unpaired) electrons. The molecule has 0 saturated heterocycles. The molecule has 1 amide bonds. The van der Waals surface area contributed by atoms with Gasteiger partial charge >= 0.3 is 0 Å². The number of hydrogen-bond acceptors (Lipinski definition) is 6. The second-order valence-electron chi connectivity index (χ2n) is 7.43. The second-order valence-corrected chi connectivity index (χ2v) is 7.87. The number of furan rings is 1. The fourth-order valence-electron chi connectivity index (χ4n) is 3.32. The molecule has 7 nitrogen and oxygen atoms in total. The number of aliphatic hydroxyl groups is 1. The number of benzene rings is 1. The number of nitrogens with zero attached hydrogens (tertiary/aromatic N) is 2. The molecule has 2 heterocycles. The van der Waals surface area contributed by atoms with Crippen LogP contribution in [0.3, 0.4) is 0 Å². The number of aryl methyl sites for hydroxylation is 1. The van der Waals surface area contributed by atoms with E-state index in [1.807, 2.05) is 19.9 Å². The van der Waals surface area contributed by atoms with Crippen molar-refractivity contribution in [2.45, 2.75) is 26.9 Å². The summed E-state index contributed by atoms with van der Waals surface area (Å²) in [6, 6.07) is 7.01. The second kappa shape index (κ2) is 10.5. The number of carbonyl (C=O) groups excluding carboxylic acids is 1. The number of pyridine rings is 1. The summed E-state index contributed by atoms with van der Waals surface area (Å²) in [5.74, 6) is 6.60. The summed E-state index contributed by atoms with van der Waals surface area (Å²) in [7, 11) is 0. The lowest BCUT2D eigenvalue weighted by Gasteiger charge is -2.21. The minimum Gasteiger partial charge on any atom is -0.455 e. The molecule has 8 heteroatoms. The number of nitrogens with two attached hydrogens (primary N) is 1. The van der Waals surface area contributed by atoms with Gasteiger partial charge in [0.25, 0.3) is 5.91 Å². The minimum absolute atomic E-state index is 0.133. The van der Waals surface area contributed by atoms with Crippen LogP contribution in [0.4, 0.5) is 5.82 Å². The first kappa shape index (κ1) is 23.6. The molecule has 0 aliphatic carbocycles. The monoisotopic (exact) mass is 454 g/mol. The maximum Gasteiger partial charge on any atom is 0.287 e. The summed E-state index contributed by atoms with van der Waals surface area (Å²) in [6.45, 7) is 8.09. The summed E-state index contributed by atoms with van der Waals surface area (Å²) >= 11 is 6.13. The summed E-state index contributed by atoms with van der Waals surface area (Å²) in [4.78, 5) is 18.7. The first-order valence-electron chi connectivity index (χ1n) is 10.5. The summed E-state index contributed by atoms with van der Waals surface area (Å²) in [5, 5.41) is 15.1. The van der Waals surface area contributed by atoms with E-state index >= 15 is 0 Å². The van der Waals surface area contributed by atoms with Crippen molar-refractivity contribution >= 4 is 34.1 Å². The lowest BCUT2D eigenvalue weighted by Crippen LogP contribution is -2.40. The number of nitrogens with one attached hydrogen (secondary N) is 1. The van der Waals surface area contributed by atoms with Crippen molar-refractivity contribution in [2.75, 3.05) is 31.9 Å². The van der Waals surface area contributed by atoms with Gasteiger partial charge in [0.15, 0.2) is 5.76 Å². The van der Waals surface area contributed by atoms with E-state index in [1.165, 1.54) is 0 Å². The molecular weight excluding hydrogens is 428 g/mol. The fourth-order valence-corrected chi connectivity index (χ4v) is 3.49. The summed E-state index contributed by atoms with van der Waals surface area (Å²) < 4.78 is 5.58. The van der Waals surface area contributed by atoms with Crippen molar-refractivity contribution in [3.05, 3.63) is 58.1 Å². The van der Waals surface area contributed by atoms with E-state index in [1.54, 1.807) is 31.3 Å². The van der Waals surface area contributed by atoms with E-state index in [9.17, 15) is 9.90 Å². The van der Waals surface area contributed by atoms with Crippen LogP contribution in [-0.4, -0.2) is 53.2 Å². The van der Waals surface area contributed by atoms with Gasteiger partial charge in [-0.2, -0.15) is 0 Å². The summed E-state index contributed by atoms with van der Waals surface area (Å²) in [6.07, 6.45) is 1.01. The molecule has 2 aromatic heterocycles. The van der Waals surface area contributed by atoms with Gasteiger partial charge in [0.2, 0.25) is 0 Å². The van der Waals surface area contributed by atoms with Crippen LogP contribution in [0, 0.1) is 18.8 Å². The molecular formula is C24H27ClN4O3. The van der Waals surface area contributed by atoms with Crippen LogP contribution in [0.2, 0.25) is 5.02 Å². The zero-order valence-corrected chi connectivity index (χ0v) is 19.2. The Morgan fingerprint density at radius 2 is 2.06 bits per heavy atom. The van der Waals surface area contributed by atoms with Crippen molar-refractivity contribution in [3.63, 3.8) is 0 Å². The molecule has 0 spiro atoms. The average molecular weight is 455 g/mol. The molecule has 4 N–H and O–H groups in total. The minimum atomic E-state index is -0.664. The average Bonchev–Trinajstić information content (AvgIpc) is 3.15. The van der Waals surface area contributed by atoms with Crippen LogP contribution in [-0.2, 0) is 0 Å². The molecule has 0 fully saturated rings. The van der Waals surface area contributed by atoms with Crippen LogP contribution in [0.5, 0.6) is 0 Å². The van der Waals surface area contributed by atoms with Gasteiger partial charge in [-0.15, -0.1) is 0 Å². The standard InChI is InChI=1S/C24H27ClN4O3/c1-4-29(5-2)14-19(30)13-28-24(31)22-10-16(15(3)32-22)7-9-20-21-11-18(25)8-6-17(21)12-27-23(20)26/h6,8,10-12,19,30H,4-5,13-14H2,1-3H3,(H2,26,27)(H,28,31).